The summed E-state index contributed by atoms with van der Waals surface area (Å²) in [6, 6.07) is 25.3. The molecule has 3 aromatic carbocycles. The largest absolute Gasteiger partial charge is 0.491 e. The Kier molecular flexibility index (Phi) is 20.1. The Hall–Kier alpha value is -4.93. The van der Waals surface area contributed by atoms with Crippen molar-refractivity contribution in [1.82, 2.24) is 10.6 Å². The molecule has 9 nitrogen and oxygen atoms in total. The first-order valence-corrected chi connectivity index (χ1v) is 20.4. The second-order valence-corrected chi connectivity index (χ2v) is 15.3. The predicted molar refractivity (Wildman–Crippen MR) is 233 cm³/mol. The maximum atomic E-state index is 12.3. The Balaban J connectivity index is 1.03. The van der Waals surface area contributed by atoms with Gasteiger partial charge in [0.25, 0.3) is 0 Å². The van der Waals surface area contributed by atoms with Gasteiger partial charge in [-0.1, -0.05) is 116 Å². The Morgan fingerprint density at radius 2 is 1.47 bits per heavy atom. The van der Waals surface area contributed by atoms with Gasteiger partial charge in [0.15, 0.2) is 11.5 Å². The van der Waals surface area contributed by atoms with Crippen molar-refractivity contribution < 1.29 is 33.6 Å². The summed E-state index contributed by atoms with van der Waals surface area (Å²) in [5.74, 6) is 1.60. The van der Waals surface area contributed by atoms with Crippen molar-refractivity contribution >= 4 is 5.91 Å². The van der Waals surface area contributed by atoms with Crippen LogP contribution in [-0.4, -0.2) is 69.8 Å². The molecule has 0 saturated heterocycles. The number of ether oxygens (including phenoxy) is 5. The van der Waals surface area contributed by atoms with Crippen LogP contribution >= 0.6 is 0 Å². The normalized spacial score (nSPS) is 15.2. The summed E-state index contributed by atoms with van der Waals surface area (Å²) in [6.07, 6.45) is 15.0. The van der Waals surface area contributed by atoms with E-state index in [4.69, 9.17) is 23.7 Å². The van der Waals surface area contributed by atoms with Gasteiger partial charge in [-0.3, -0.25) is 4.79 Å². The van der Waals surface area contributed by atoms with Crippen molar-refractivity contribution in [3.05, 3.63) is 149 Å². The molecular formula is C49H64N2O7. The average molecular weight is 793 g/mol. The molecule has 0 aromatic heterocycles. The number of nitrogens with one attached hydrogen (secondary N) is 2. The fourth-order valence-electron chi connectivity index (χ4n) is 6.45. The summed E-state index contributed by atoms with van der Waals surface area (Å²) in [5.41, 5.74) is 7.30. The van der Waals surface area contributed by atoms with Crippen LogP contribution in [0.2, 0.25) is 0 Å². The molecule has 0 heterocycles. The molecule has 0 aliphatic heterocycles. The predicted octanol–water partition coefficient (Wildman–Crippen LogP) is 8.85. The fraction of sp³-hybridized carbons (Fsp3) is 0.408. The van der Waals surface area contributed by atoms with Crippen LogP contribution < -0.4 is 24.8 Å². The van der Waals surface area contributed by atoms with Crippen LogP contribution in [0.4, 0.5) is 0 Å². The lowest BCUT2D eigenvalue weighted by Gasteiger charge is -2.32. The molecule has 3 N–H and O–H groups in total. The summed E-state index contributed by atoms with van der Waals surface area (Å²) < 4.78 is 29.3. The number of amides is 1. The van der Waals surface area contributed by atoms with Crippen LogP contribution in [0.3, 0.4) is 0 Å². The fourth-order valence-corrected chi connectivity index (χ4v) is 6.45. The highest BCUT2D eigenvalue weighted by Crippen LogP contribution is 2.41. The van der Waals surface area contributed by atoms with Crippen LogP contribution in [0.1, 0.15) is 65.0 Å². The number of aliphatic hydroxyl groups excluding tert-OH is 1. The first kappa shape index (κ1) is 45.8. The molecule has 0 radical (unpaired) electrons. The van der Waals surface area contributed by atoms with Gasteiger partial charge in [-0.15, -0.1) is 0 Å². The maximum Gasteiger partial charge on any atom is 0.244 e. The van der Waals surface area contributed by atoms with Gasteiger partial charge in [0.05, 0.1) is 26.4 Å². The lowest BCUT2D eigenvalue weighted by atomic mass is 9.72. The van der Waals surface area contributed by atoms with Crippen LogP contribution in [0.15, 0.2) is 138 Å². The number of carbonyl (C=O) groups is 1. The van der Waals surface area contributed by atoms with Gasteiger partial charge < -0.3 is 39.4 Å². The van der Waals surface area contributed by atoms with Crippen molar-refractivity contribution in [2.24, 2.45) is 5.41 Å². The van der Waals surface area contributed by atoms with Gasteiger partial charge in [-0.2, -0.15) is 0 Å². The van der Waals surface area contributed by atoms with Crippen molar-refractivity contribution in [3.8, 4) is 17.2 Å². The number of carbonyl (C=O) groups excluding carboxylic acids is 1. The number of benzene rings is 3. The molecule has 9 heteroatoms. The maximum absolute atomic E-state index is 12.3. The minimum Gasteiger partial charge on any atom is -0.491 e. The molecule has 0 spiro atoms. The second-order valence-electron chi connectivity index (χ2n) is 15.3. The number of rotatable bonds is 25. The highest BCUT2D eigenvalue weighted by atomic mass is 16.5. The molecule has 3 aromatic rings. The van der Waals surface area contributed by atoms with Crippen molar-refractivity contribution in [2.45, 2.75) is 73.2 Å². The van der Waals surface area contributed by atoms with Crippen molar-refractivity contribution in [3.63, 3.8) is 0 Å². The number of allylic oxidation sites excluding steroid dienone is 9. The van der Waals surface area contributed by atoms with E-state index in [1.54, 1.807) is 12.1 Å². The molecule has 312 valence electrons. The highest BCUT2D eigenvalue weighted by molar-refractivity contribution is 5.88. The van der Waals surface area contributed by atoms with Gasteiger partial charge in [0.1, 0.15) is 31.7 Å². The molecule has 58 heavy (non-hydrogen) atoms. The van der Waals surface area contributed by atoms with E-state index < -0.39 is 6.10 Å². The van der Waals surface area contributed by atoms with E-state index in [2.05, 4.69) is 56.6 Å². The number of hydrogen-bond donors (Lipinski definition) is 3. The van der Waals surface area contributed by atoms with Gasteiger partial charge >= 0.3 is 0 Å². The number of aliphatic hydroxyl groups is 1. The summed E-state index contributed by atoms with van der Waals surface area (Å²) in [6.45, 7) is 14.9. The molecule has 4 rings (SSSR count). The molecule has 1 aliphatic rings. The first-order chi connectivity index (χ1) is 28.1. The summed E-state index contributed by atoms with van der Waals surface area (Å²) in [5, 5.41) is 16.5. The van der Waals surface area contributed by atoms with E-state index in [0.717, 1.165) is 22.3 Å². The minimum atomic E-state index is -0.717. The monoisotopic (exact) mass is 792 g/mol. The van der Waals surface area contributed by atoms with Crippen molar-refractivity contribution in [2.75, 3.05) is 52.7 Å². The SMILES string of the molecule is CC(C=CC1=C(C)CCCC1(C)C)=CC=CC(C)=CC(=O)NCCOCCOCCNC[C@@H](O)COc1ccc(OCc2ccccc2)c(OCc2ccccc2)c1. The average Bonchev–Trinajstić information content (AvgIpc) is 3.21. The van der Waals surface area contributed by atoms with Gasteiger partial charge in [0.2, 0.25) is 5.91 Å². The van der Waals surface area contributed by atoms with E-state index >= 15 is 0 Å². The van der Waals surface area contributed by atoms with Crippen molar-refractivity contribution in [1.29, 1.82) is 0 Å². The van der Waals surface area contributed by atoms with Gasteiger partial charge in [0, 0.05) is 31.8 Å². The molecule has 1 atom stereocenters. The van der Waals surface area contributed by atoms with Gasteiger partial charge in [-0.05, 0) is 79.9 Å². The zero-order chi connectivity index (χ0) is 41.4. The lowest BCUT2D eigenvalue weighted by molar-refractivity contribution is -0.116. The molecule has 0 saturated carbocycles. The van der Waals surface area contributed by atoms with Crippen LogP contribution in [0, 0.1) is 5.41 Å². The van der Waals surface area contributed by atoms with Crippen LogP contribution in [0.5, 0.6) is 17.2 Å². The minimum absolute atomic E-state index is 0.110. The summed E-state index contributed by atoms with van der Waals surface area (Å²) >= 11 is 0. The quantitative estimate of drug-likeness (QED) is 0.0444. The molecule has 0 fully saturated rings. The standard InChI is InChI=1S/C49H64N2O7/c1-38(21-23-45-40(3)16-13-25-49(45,4)5)14-12-15-39(2)32-48(53)51-27-29-55-31-30-54-28-26-50-34-43(52)37-56-44-22-24-46(57-35-41-17-8-6-9-18-41)47(33-44)58-36-42-19-10-7-11-20-42/h6-12,14-15,17-24,32-33,43,50,52H,13,16,25-31,34-37H2,1-5H3,(H,51,53)/t43-/m1/s1. The summed E-state index contributed by atoms with van der Waals surface area (Å²) in [4.78, 5) is 12.3. The van der Waals surface area contributed by atoms with E-state index in [1.165, 1.54) is 30.4 Å². The molecule has 0 bridgehead atoms. The lowest BCUT2D eigenvalue weighted by Crippen LogP contribution is -2.33. The Labute approximate surface area is 346 Å². The Bertz CT molecular complexity index is 1830. The molecule has 1 amide bonds. The smallest absolute Gasteiger partial charge is 0.244 e. The highest BCUT2D eigenvalue weighted by Gasteiger charge is 2.26. The zero-order valence-corrected chi connectivity index (χ0v) is 35.1. The first-order valence-electron chi connectivity index (χ1n) is 20.4. The Morgan fingerprint density at radius 1 is 0.810 bits per heavy atom. The zero-order valence-electron chi connectivity index (χ0n) is 35.1. The van der Waals surface area contributed by atoms with Gasteiger partial charge in [-0.25, -0.2) is 0 Å². The Morgan fingerprint density at radius 3 is 2.14 bits per heavy atom. The van der Waals surface area contributed by atoms with E-state index in [0.29, 0.717) is 76.5 Å². The van der Waals surface area contributed by atoms with E-state index in [1.807, 2.05) is 91.9 Å². The topological polar surface area (TPSA) is 108 Å². The number of hydrogen-bond acceptors (Lipinski definition) is 8. The third kappa shape index (κ3) is 17.7. The summed E-state index contributed by atoms with van der Waals surface area (Å²) in [7, 11) is 0. The van der Waals surface area contributed by atoms with E-state index in [-0.39, 0.29) is 17.9 Å². The molecule has 1 aliphatic carbocycles. The second kappa shape index (κ2) is 25.4. The van der Waals surface area contributed by atoms with Crippen LogP contribution in [-0.2, 0) is 27.5 Å². The van der Waals surface area contributed by atoms with Crippen LogP contribution in [0.25, 0.3) is 0 Å². The molecule has 0 unspecified atom stereocenters. The third-order valence-corrected chi connectivity index (χ3v) is 9.69. The molecular weight excluding hydrogens is 729 g/mol. The third-order valence-electron chi connectivity index (χ3n) is 9.69. The van der Waals surface area contributed by atoms with E-state index in [9.17, 15) is 9.90 Å².